The van der Waals surface area contributed by atoms with E-state index < -0.39 is 5.60 Å². The molecule has 0 saturated heterocycles. The van der Waals surface area contributed by atoms with Crippen LogP contribution in [-0.2, 0) is 4.74 Å². The maximum atomic E-state index is 13.2. The molecule has 4 nitrogen and oxygen atoms in total. The van der Waals surface area contributed by atoms with Gasteiger partial charge in [-0.25, -0.2) is 4.98 Å². The summed E-state index contributed by atoms with van der Waals surface area (Å²) < 4.78 is 7.25. The van der Waals surface area contributed by atoms with E-state index in [1.54, 1.807) is 11.5 Å². The highest BCUT2D eigenvalue weighted by atomic mass is 16.5. The van der Waals surface area contributed by atoms with Crippen molar-refractivity contribution in [3.8, 4) is 0 Å². The molecule has 2 aromatic heterocycles. The van der Waals surface area contributed by atoms with Crippen molar-refractivity contribution in [3.05, 3.63) is 70.3 Å². The van der Waals surface area contributed by atoms with Crippen LogP contribution < -0.4 is 5.56 Å². The molecule has 25 heavy (non-hydrogen) atoms. The second-order valence-electron chi connectivity index (χ2n) is 6.61. The summed E-state index contributed by atoms with van der Waals surface area (Å²) in [5, 5.41) is 3.76. The molecule has 0 radical (unpaired) electrons. The fraction of sp³-hybridized carbons (Fsp3) is 0.143. The molecule has 0 aliphatic heterocycles. The zero-order valence-corrected chi connectivity index (χ0v) is 14.0. The lowest BCUT2D eigenvalue weighted by Gasteiger charge is -2.18. The number of rotatable bonds is 1. The van der Waals surface area contributed by atoms with Gasteiger partial charge < -0.3 is 4.74 Å². The van der Waals surface area contributed by atoms with Gasteiger partial charge in [0.2, 0.25) is 0 Å². The van der Waals surface area contributed by atoms with Gasteiger partial charge in [-0.1, -0.05) is 30.3 Å². The van der Waals surface area contributed by atoms with Crippen molar-refractivity contribution in [1.29, 1.82) is 0 Å². The second kappa shape index (κ2) is 4.77. The summed E-state index contributed by atoms with van der Waals surface area (Å²) in [5.41, 5.74) is 1.74. The molecule has 0 N–H and O–H groups in total. The van der Waals surface area contributed by atoms with Crippen molar-refractivity contribution in [1.82, 2.24) is 9.38 Å². The van der Waals surface area contributed by atoms with Crippen LogP contribution in [0, 0.1) is 0 Å². The highest BCUT2D eigenvalue weighted by Crippen LogP contribution is 2.31. The van der Waals surface area contributed by atoms with Gasteiger partial charge in [-0.3, -0.25) is 9.20 Å². The molecular weight excluding hydrogens is 312 g/mol. The maximum absolute atomic E-state index is 13.2. The number of pyridine rings is 1. The van der Waals surface area contributed by atoms with Crippen LogP contribution in [0.25, 0.3) is 39.3 Å². The lowest BCUT2D eigenvalue weighted by atomic mass is 10.0. The molecule has 2 aromatic carbocycles. The summed E-state index contributed by atoms with van der Waals surface area (Å²) in [4.78, 5) is 18.0. The van der Waals surface area contributed by atoms with E-state index in [1.165, 1.54) is 0 Å². The van der Waals surface area contributed by atoms with Gasteiger partial charge in [-0.05, 0) is 42.7 Å². The Balaban J connectivity index is 1.99. The summed E-state index contributed by atoms with van der Waals surface area (Å²) >= 11 is 0. The van der Waals surface area contributed by atoms with Crippen LogP contribution in [0.1, 0.15) is 18.3 Å². The fourth-order valence-corrected chi connectivity index (χ4v) is 3.63. The second-order valence-corrected chi connectivity index (χ2v) is 6.61. The monoisotopic (exact) mass is 328 g/mol. The molecule has 1 aliphatic carbocycles. The van der Waals surface area contributed by atoms with Crippen LogP contribution in [0.15, 0.2) is 53.3 Å². The zero-order chi connectivity index (χ0) is 17.2. The Bertz CT molecular complexity index is 1260. The summed E-state index contributed by atoms with van der Waals surface area (Å²) in [5.74, 6) is 0. The molecule has 1 atom stereocenters. The standard InChI is InChI=1S/C21H16N2O2/c1-21(25-2)11-9-16-17(10-12-21)23-19(22-16)14-7-3-5-13-6-4-8-15(18(13)14)20(23)24/h3-12H,1-2H3. The Kier molecular flexibility index (Phi) is 2.74. The molecule has 0 bridgehead atoms. The first-order valence-electron chi connectivity index (χ1n) is 8.24. The molecule has 0 spiro atoms. The molecule has 1 aliphatic rings. The van der Waals surface area contributed by atoms with Crippen LogP contribution in [0.3, 0.4) is 0 Å². The minimum atomic E-state index is -0.503. The van der Waals surface area contributed by atoms with Gasteiger partial charge >= 0.3 is 0 Å². The number of ether oxygens (including phenoxy) is 1. The van der Waals surface area contributed by atoms with Crippen molar-refractivity contribution in [2.75, 3.05) is 7.11 Å². The Hall–Kier alpha value is -2.98. The molecule has 5 rings (SSSR count). The topological polar surface area (TPSA) is 43.6 Å². The molecular formula is C21H16N2O2. The summed E-state index contributed by atoms with van der Waals surface area (Å²) in [6.45, 7) is 1.97. The van der Waals surface area contributed by atoms with E-state index in [-0.39, 0.29) is 5.56 Å². The van der Waals surface area contributed by atoms with Crippen molar-refractivity contribution in [3.63, 3.8) is 0 Å². The minimum Gasteiger partial charge on any atom is -0.370 e. The van der Waals surface area contributed by atoms with Crippen LogP contribution in [0.2, 0.25) is 0 Å². The van der Waals surface area contributed by atoms with E-state index in [9.17, 15) is 4.79 Å². The normalized spacial score (nSPS) is 19.8. The van der Waals surface area contributed by atoms with Crippen molar-refractivity contribution < 1.29 is 4.74 Å². The Morgan fingerprint density at radius 3 is 2.52 bits per heavy atom. The van der Waals surface area contributed by atoms with E-state index in [2.05, 4.69) is 0 Å². The maximum Gasteiger partial charge on any atom is 0.264 e. The number of nitrogens with zero attached hydrogens (tertiary/aromatic N) is 2. The van der Waals surface area contributed by atoms with Crippen molar-refractivity contribution in [2.45, 2.75) is 12.5 Å². The number of hydrogen-bond donors (Lipinski definition) is 0. The lowest BCUT2D eigenvalue weighted by molar-refractivity contribution is 0.0922. The van der Waals surface area contributed by atoms with Gasteiger partial charge in [0.15, 0.2) is 0 Å². The Labute approximate surface area is 144 Å². The third kappa shape index (κ3) is 1.86. The molecule has 0 amide bonds. The average Bonchev–Trinajstić information content (AvgIpc) is 2.93. The number of methoxy groups -OCH3 is 1. The highest BCUT2D eigenvalue weighted by molar-refractivity contribution is 6.14. The predicted octanol–water partition coefficient (Wildman–Crippen LogP) is 3.88. The average molecular weight is 328 g/mol. The Morgan fingerprint density at radius 2 is 1.76 bits per heavy atom. The number of hydrogen-bond acceptors (Lipinski definition) is 3. The molecule has 2 heterocycles. The zero-order valence-electron chi connectivity index (χ0n) is 14.0. The number of fused-ring (bicyclic) bond motifs is 4. The van der Waals surface area contributed by atoms with Gasteiger partial charge in [-0.2, -0.15) is 0 Å². The van der Waals surface area contributed by atoms with Gasteiger partial charge in [0.25, 0.3) is 5.56 Å². The highest BCUT2D eigenvalue weighted by Gasteiger charge is 2.22. The third-order valence-electron chi connectivity index (χ3n) is 5.10. The van der Waals surface area contributed by atoms with Gasteiger partial charge in [-0.15, -0.1) is 0 Å². The Morgan fingerprint density at radius 1 is 1.04 bits per heavy atom. The number of imidazole rings is 1. The molecule has 4 heteroatoms. The SMILES string of the molecule is COC1(C)C=Cc2nc3c4cccc5cccc(c(=O)n3c2C=C1)c54. The van der Waals surface area contributed by atoms with Crippen molar-refractivity contribution >= 4 is 39.3 Å². The number of aromatic nitrogens is 2. The quantitative estimate of drug-likeness (QED) is 0.532. The van der Waals surface area contributed by atoms with Crippen LogP contribution in [-0.4, -0.2) is 22.1 Å². The lowest BCUT2D eigenvalue weighted by Crippen LogP contribution is -2.20. The molecule has 122 valence electrons. The molecule has 0 fully saturated rings. The molecule has 4 aromatic rings. The first-order valence-corrected chi connectivity index (χ1v) is 8.24. The fourth-order valence-electron chi connectivity index (χ4n) is 3.63. The van der Waals surface area contributed by atoms with Gasteiger partial charge in [0, 0.05) is 23.3 Å². The first kappa shape index (κ1) is 14.4. The van der Waals surface area contributed by atoms with E-state index >= 15 is 0 Å². The largest absolute Gasteiger partial charge is 0.370 e. The first-order chi connectivity index (χ1) is 12.1. The van der Waals surface area contributed by atoms with E-state index in [0.29, 0.717) is 5.65 Å². The van der Waals surface area contributed by atoms with Crippen LogP contribution in [0.5, 0.6) is 0 Å². The smallest absolute Gasteiger partial charge is 0.264 e. The summed E-state index contributed by atoms with van der Waals surface area (Å²) in [6.07, 6.45) is 7.79. The van der Waals surface area contributed by atoms with Gasteiger partial charge in [0.1, 0.15) is 11.2 Å². The van der Waals surface area contributed by atoms with Gasteiger partial charge in [0.05, 0.1) is 11.4 Å². The molecule has 1 unspecified atom stereocenters. The minimum absolute atomic E-state index is 0.0351. The van der Waals surface area contributed by atoms with E-state index in [4.69, 9.17) is 9.72 Å². The van der Waals surface area contributed by atoms with Crippen molar-refractivity contribution in [2.24, 2.45) is 0 Å². The van der Waals surface area contributed by atoms with E-state index in [1.807, 2.05) is 67.6 Å². The van der Waals surface area contributed by atoms with Crippen LogP contribution in [0.4, 0.5) is 0 Å². The third-order valence-corrected chi connectivity index (χ3v) is 5.10. The number of benzene rings is 2. The summed E-state index contributed by atoms with van der Waals surface area (Å²) in [7, 11) is 1.67. The van der Waals surface area contributed by atoms with E-state index in [0.717, 1.165) is 32.9 Å². The summed E-state index contributed by atoms with van der Waals surface area (Å²) in [6, 6.07) is 11.9. The van der Waals surface area contributed by atoms with Crippen LogP contribution >= 0.6 is 0 Å². The predicted molar refractivity (Wildman–Crippen MR) is 101 cm³/mol. The molecule has 0 saturated carbocycles.